The Bertz CT molecular complexity index is 1090. The van der Waals surface area contributed by atoms with E-state index in [2.05, 4.69) is 90.5 Å². The summed E-state index contributed by atoms with van der Waals surface area (Å²) in [4.78, 5) is 4.38. The average molecular weight is 328 g/mol. The first-order valence-electron chi connectivity index (χ1n) is 8.56. The van der Waals surface area contributed by atoms with Crippen LogP contribution in [-0.4, -0.2) is 9.55 Å². The van der Waals surface area contributed by atoms with Crippen molar-refractivity contribution in [3.05, 3.63) is 77.6 Å². The van der Waals surface area contributed by atoms with Crippen LogP contribution in [0.25, 0.3) is 28.1 Å². The molecule has 0 amide bonds. The van der Waals surface area contributed by atoms with Gasteiger partial charge in [0.05, 0.1) is 12.6 Å². The second-order valence-corrected chi connectivity index (χ2v) is 6.69. The lowest BCUT2D eigenvalue weighted by molar-refractivity contribution is -0.556. The van der Waals surface area contributed by atoms with Crippen molar-refractivity contribution in [3.63, 3.8) is 0 Å². The topological polar surface area (TPSA) is 21.7 Å². The van der Waals surface area contributed by atoms with Crippen molar-refractivity contribution in [3.8, 4) is 17.1 Å². The van der Waals surface area contributed by atoms with Crippen molar-refractivity contribution >= 4 is 11.0 Å². The van der Waals surface area contributed by atoms with Gasteiger partial charge in [-0.1, -0.05) is 24.3 Å². The number of hydrogen-bond donors (Lipinski definition) is 0. The SMILES string of the molecule is Cc1ccc2c(c1)n(C)c(-c1cnccc1C)[n+]2-c1ccccc1C. The van der Waals surface area contributed by atoms with E-state index < -0.39 is 0 Å². The second-order valence-electron chi connectivity index (χ2n) is 6.69. The predicted octanol–water partition coefficient (Wildman–Crippen LogP) is 4.44. The van der Waals surface area contributed by atoms with Gasteiger partial charge < -0.3 is 0 Å². The fraction of sp³-hybridized carbons (Fsp3) is 0.182. The first-order valence-corrected chi connectivity index (χ1v) is 8.56. The van der Waals surface area contributed by atoms with Gasteiger partial charge >= 0.3 is 0 Å². The summed E-state index contributed by atoms with van der Waals surface area (Å²) < 4.78 is 4.63. The predicted molar refractivity (Wildman–Crippen MR) is 102 cm³/mol. The van der Waals surface area contributed by atoms with Gasteiger partial charge in [0.2, 0.25) is 0 Å². The molecule has 4 rings (SSSR count). The minimum Gasteiger partial charge on any atom is -0.264 e. The normalized spacial score (nSPS) is 11.2. The number of rotatable bonds is 2. The molecule has 25 heavy (non-hydrogen) atoms. The highest BCUT2D eigenvalue weighted by atomic mass is 15.2. The van der Waals surface area contributed by atoms with Gasteiger partial charge in [0, 0.05) is 12.4 Å². The van der Waals surface area contributed by atoms with E-state index in [0.29, 0.717) is 0 Å². The molecule has 0 aliphatic carbocycles. The van der Waals surface area contributed by atoms with Crippen LogP contribution in [0.5, 0.6) is 0 Å². The minimum atomic E-state index is 1.15. The third kappa shape index (κ3) is 2.43. The molecule has 3 heteroatoms. The summed E-state index contributed by atoms with van der Waals surface area (Å²) in [6.45, 7) is 6.44. The van der Waals surface area contributed by atoms with E-state index in [1.54, 1.807) is 0 Å². The van der Waals surface area contributed by atoms with Crippen LogP contribution in [0.1, 0.15) is 16.7 Å². The van der Waals surface area contributed by atoms with Crippen molar-refractivity contribution in [2.75, 3.05) is 0 Å². The molecular formula is C22H22N3+. The number of fused-ring (bicyclic) bond motifs is 1. The van der Waals surface area contributed by atoms with Crippen LogP contribution in [-0.2, 0) is 7.05 Å². The number of hydrogen-bond acceptors (Lipinski definition) is 1. The molecule has 0 spiro atoms. The number of benzene rings is 2. The largest absolute Gasteiger partial charge is 0.296 e. The maximum atomic E-state index is 4.38. The number of pyridine rings is 1. The third-order valence-corrected chi connectivity index (χ3v) is 4.90. The Labute approximate surface area is 148 Å². The lowest BCUT2D eigenvalue weighted by Gasteiger charge is -2.07. The molecule has 0 radical (unpaired) electrons. The lowest BCUT2D eigenvalue weighted by Crippen LogP contribution is -2.34. The quantitative estimate of drug-likeness (QED) is 0.499. The van der Waals surface area contributed by atoms with E-state index in [0.717, 1.165) is 11.4 Å². The molecule has 0 saturated heterocycles. The molecule has 2 aromatic carbocycles. The zero-order valence-electron chi connectivity index (χ0n) is 15.1. The Morgan fingerprint density at radius 1 is 0.920 bits per heavy atom. The van der Waals surface area contributed by atoms with Gasteiger partial charge in [-0.15, -0.1) is 0 Å². The molecule has 0 unspecified atom stereocenters. The third-order valence-electron chi connectivity index (χ3n) is 4.90. The number of imidazole rings is 1. The molecule has 0 bridgehead atoms. The monoisotopic (exact) mass is 328 g/mol. The Kier molecular flexibility index (Phi) is 3.65. The van der Waals surface area contributed by atoms with Crippen molar-refractivity contribution in [2.45, 2.75) is 20.8 Å². The molecule has 0 atom stereocenters. The molecule has 0 saturated carbocycles. The Morgan fingerprint density at radius 3 is 2.48 bits per heavy atom. The van der Waals surface area contributed by atoms with Gasteiger partial charge in [0.25, 0.3) is 5.82 Å². The molecule has 0 fully saturated rings. The van der Waals surface area contributed by atoms with Crippen LogP contribution in [0.2, 0.25) is 0 Å². The van der Waals surface area contributed by atoms with E-state index in [1.165, 1.54) is 33.4 Å². The standard InChI is InChI=1S/C22H22N3/c1-15-9-10-20-21(13-15)24(4)22(18-14-23-12-11-16(18)2)25(20)19-8-6-5-7-17(19)3/h5-14H,1-4H3/q+1. The van der Waals surface area contributed by atoms with E-state index in [4.69, 9.17) is 0 Å². The van der Waals surface area contributed by atoms with Crippen molar-refractivity contribution in [1.29, 1.82) is 0 Å². The molecule has 0 aliphatic rings. The zero-order chi connectivity index (χ0) is 17.6. The summed E-state index contributed by atoms with van der Waals surface area (Å²) in [5.41, 5.74) is 8.53. The Balaban J connectivity index is 2.19. The highest BCUT2D eigenvalue weighted by Crippen LogP contribution is 2.27. The van der Waals surface area contributed by atoms with Crippen LogP contribution in [0.4, 0.5) is 0 Å². The number of nitrogens with zero attached hydrogens (tertiary/aromatic N) is 3. The van der Waals surface area contributed by atoms with Gasteiger partial charge in [-0.3, -0.25) is 4.98 Å². The van der Waals surface area contributed by atoms with Crippen molar-refractivity contribution < 1.29 is 4.57 Å². The molecule has 124 valence electrons. The summed E-state index contributed by atoms with van der Waals surface area (Å²) >= 11 is 0. The molecule has 3 nitrogen and oxygen atoms in total. The zero-order valence-corrected chi connectivity index (χ0v) is 15.1. The van der Waals surface area contributed by atoms with Crippen LogP contribution in [0.15, 0.2) is 60.9 Å². The highest BCUT2D eigenvalue weighted by molar-refractivity contribution is 5.78. The van der Waals surface area contributed by atoms with Crippen molar-refractivity contribution in [1.82, 2.24) is 9.55 Å². The first kappa shape index (κ1) is 15.6. The van der Waals surface area contributed by atoms with E-state index in [9.17, 15) is 0 Å². The van der Waals surface area contributed by atoms with Crippen LogP contribution in [0.3, 0.4) is 0 Å². The number of para-hydroxylation sites is 1. The fourth-order valence-corrected chi connectivity index (χ4v) is 3.53. The molecule has 2 aromatic heterocycles. The molecular weight excluding hydrogens is 306 g/mol. The van der Waals surface area contributed by atoms with E-state index in [1.807, 2.05) is 12.4 Å². The van der Waals surface area contributed by atoms with E-state index in [-0.39, 0.29) is 0 Å². The molecule has 0 aliphatic heterocycles. The summed E-state index contributed by atoms with van der Waals surface area (Å²) in [6.07, 6.45) is 3.81. The summed E-state index contributed by atoms with van der Waals surface area (Å²) in [5.74, 6) is 1.15. The fourth-order valence-electron chi connectivity index (χ4n) is 3.53. The molecule has 0 N–H and O–H groups in total. The lowest BCUT2D eigenvalue weighted by atomic mass is 10.1. The van der Waals surface area contributed by atoms with E-state index >= 15 is 0 Å². The maximum Gasteiger partial charge on any atom is 0.296 e. The number of aromatic nitrogens is 3. The Morgan fingerprint density at radius 2 is 1.72 bits per heavy atom. The van der Waals surface area contributed by atoms with Crippen LogP contribution in [0, 0.1) is 20.8 Å². The van der Waals surface area contributed by atoms with Crippen LogP contribution >= 0.6 is 0 Å². The average Bonchev–Trinajstić information content (AvgIpc) is 2.88. The maximum absolute atomic E-state index is 4.38. The summed E-state index contributed by atoms with van der Waals surface area (Å²) in [5, 5.41) is 0. The summed E-state index contributed by atoms with van der Waals surface area (Å²) in [6, 6.07) is 17.2. The van der Waals surface area contributed by atoms with Gasteiger partial charge in [-0.05, 0) is 61.7 Å². The van der Waals surface area contributed by atoms with Gasteiger partial charge in [-0.25, -0.2) is 4.57 Å². The van der Waals surface area contributed by atoms with Gasteiger partial charge in [-0.2, -0.15) is 4.57 Å². The summed E-state index contributed by atoms with van der Waals surface area (Å²) in [7, 11) is 2.14. The smallest absolute Gasteiger partial charge is 0.264 e. The van der Waals surface area contributed by atoms with Crippen molar-refractivity contribution in [2.24, 2.45) is 7.05 Å². The van der Waals surface area contributed by atoms with Crippen LogP contribution < -0.4 is 4.57 Å². The first-order chi connectivity index (χ1) is 12.1. The second kappa shape index (κ2) is 5.85. The van der Waals surface area contributed by atoms with Gasteiger partial charge in [0.1, 0.15) is 5.69 Å². The number of aryl methyl sites for hydroxylation is 4. The highest BCUT2D eigenvalue weighted by Gasteiger charge is 2.27. The molecule has 4 aromatic rings. The van der Waals surface area contributed by atoms with Gasteiger partial charge in [0.15, 0.2) is 11.0 Å². The molecule has 2 heterocycles. The Hall–Kier alpha value is -2.94. The minimum absolute atomic E-state index is 1.15.